The molecule has 7 nitrogen and oxygen atoms in total. The summed E-state index contributed by atoms with van der Waals surface area (Å²) in [4.78, 5) is 23.6. The van der Waals surface area contributed by atoms with Crippen LogP contribution in [0.5, 0.6) is 5.75 Å². The zero-order valence-electron chi connectivity index (χ0n) is 13.6. The first-order chi connectivity index (χ1) is 11.6. The lowest BCUT2D eigenvalue weighted by Gasteiger charge is -2.17. The van der Waals surface area contributed by atoms with Crippen molar-refractivity contribution in [3.05, 3.63) is 54.0 Å². The highest BCUT2D eigenvalue weighted by Crippen LogP contribution is 2.20. The second-order valence-corrected chi connectivity index (χ2v) is 4.97. The number of nitrogens with one attached hydrogen (secondary N) is 2. The van der Waals surface area contributed by atoms with Gasteiger partial charge in [0.05, 0.1) is 26.0 Å². The van der Waals surface area contributed by atoms with E-state index in [2.05, 4.69) is 10.6 Å². The standard InChI is InChI=1S/C17H20N2O5/c1-22-13-6-3-5-12(9-13)15(23-2)11-19-17(21)16(20)18-10-14-7-4-8-24-14/h3-9,15H,10-11H2,1-2H3,(H,18,20)(H,19,21)/t15-/m1/s1. The van der Waals surface area contributed by atoms with Crippen LogP contribution < -0.4 is 15.4 Å². The third kappa shape index (κ3) is 4.85. The molecule has 0 unspecified atom stereocenters. The van der Waals surface area contributed by atoms with Crippen LogP contribution in [-0.2, 0) is 20.9 Å². The number of methoxy groups -OCH3 is 2. The number of rotatable bonds is 7. The fourth-order valence-electron chi connectivity index (χ4n) is 2.11. The van der Waals surface area contributed by atoms with Gasteiger partial charge < -0.3 is 24.5 Å². The molecule has 0 spiro atoms. The van der Waals surface area contributed by atoms with Crippen molar-refractivity contribution in [1.82, 2.24) is 10.6 Å². The number of furan rings is 1. The molecule has 1 aromatic carbocycles. The van der Waals surface area contributed by atoms with E-state index in [9.17, 15) is 9.59 Å². The lowest BCUT2D eigenvalue weighted by molar-refractivity contribution is -0.139. The van der Waals surface area contributed by atoms with E-state index < -0.39 is 11.8 Å². The normalized spacial score (nSPS) is 11.6. The van der Waals surface area contributed by atoms with E-state index in [0.717, 1.165) is 5.56 Å². The number of amides is 2. The Morgan fingerprint density at radius 3 is 2.58 bits per heavy atom. The second kappa shape index (κ2) is 8.73. The van der Waals surface area contributed by atoms with Gasteiger partial charge in [-0.25, -0.2) is 0 Å². The van der Waals surface area contributed by atoms with Gasteiger partial charge in [-0.05, 0) is 29.8 Å². The van der Waals surface area contributed by atoms with Gasteiger partial charge in [0, 0.05) is 13.7 Å². The van der Waals surface area contributed by atoms with Gasteiger partial charge in [0.25, 0.3) is 0 Å². The number of hydrogen-bond donors (Lipinski definition) is 2. The minimum absolute atomic E-state index is 0.156. The van der Waals surface area contributed by atoms with Crippen molar-refractivity contribution >= 4 is 11.8 Å². The Morgan fingerprint density at radius 1 is 1.12 bits per heavy atom. The summed E-state index contributed by atoms with van der Waals surface area (Å²) in [6.07, 6.45) is 1.11. The Kier molecular flexibility index (Phi) is 6.39. The van der Waals surface area contributed by atoms with Crippen LogP contribution in [-0.4, -0.2) is 32.6 Å². The van der Waals surface area contributed by atoms with Gasteiger partial charge in [-0.15, -0.1) is 0 Å². The van der Waals surface area contributed by atoms with E-state index in [-0.39, 0.29) is 19.2 Å². The molecular weight excluding hydrogens is 312 g/mol. The summed E-state index contributed by atoms with van der Waals surface area (Å²) in [6.45, 7) is 0.319. The Balaban J connectivity index is 1.85. The van der Waals surface area contributed by atoms with Crippen molar-refractivity contribution in [2.45, 2.75) is 12.6 Å². The molecule has 0 fully saturated rings. The minimum Gasteiger partial charge on any atom is -0.497 e. The first-order valence-corrected chi connectivity index (χ1v) is 7.39. The predicted molar refractivity (Wildman–Crippen MR) is 86.3 cm³/mol. The van der Waals surface area contributed by atoms with Crippen molar-refractivity contribution in [3.63, 3.8) is 0 Å². The average molecular weight is 332 g/mol. The Morgan fingerprint density at radius 2 is 1.92 bits per heavy atom. The molecule has 2 amide bonds. The molecule has 24 heavy (non-hydrogen) atoms. The van der Waals surface area contributed by atoms with Gasteiger partial charge in [0.2, 0.25) is 0 Å². The van der Waals surface area contributed by atoms with E-state index in [0.29, 0.717) is 11.5 Å². The number of carbonyl (C=O) groups is 2. The molecule has 2 aromatic rings. The van der Waals surface area contributed by atoms with E-state index >= 15 is 0 Å². The van der Waals surface area contributed by atoms with Crippen LogP contribution >= 0.6 is 0 Å². The molecule has 0 bridgehead atoms. The summed E-state index contributed by atoms with van der Waals surface area (Å²) in [6, 6.07) is 10.7. The Bertz CT molecular complexity index is 669. The first-order valence-electron chi connectivity index (χ1n) is 7.39. The highest BCUT2D eigenvalue weighted by atomic mass is 16.5. The lowest BCUT2D eigenvalue weighted by Crippen LogP contribution is -2.41. The van der Waals surface area contributed by atoms with Crippen LogP contribution in [0.1, 0.15) is 17.4 Å². The smallest absolute Gasteiger partial charge is 0.309 e. The molecule has 1 heterocycles. The van der Waals surface area contributed by atoms with Crippen molar-refractivity contribution in [2.24, 2.45) is 0 Å². The van der Waals surface area contributed by atoms with Crippen LogP contribution in [0.25, 0.3) is 0 Å². The van der Waals surface area contributed by atoms with Crippen LogP contribution in [0.2, 0.25) is 0 Å². The van der Waals surface area contributed by atoms with Gasteiger partial charge in [0.15, 0.2) is 0 Å². The summed E-state index contributed by atoms with van der Waals surface area (Å²) in [5.74, 6) is -0.197. The molecule has 0 aliphatic rings. The first kappa shape index (κ1) is 17.6. The summed E-state index contributed by atoms with van der Waals surface area (Å²) in [5, 5.41) is 5.03. The maximum absolute atomic E-state index is 11.8. The molecule has 0 aliphatic carbocycles. The predicted octanol–water partition coefficient (Wildman–Crippen LogP) is 1.41. The van der Waals surface area contributed by atoms with E-state index in [4.69, 9.17) is 13.9 Å². The minimum atomic E-state index is -0.730. The molecule has 2 N–H and O–H groups in total. The molecule has 128 valence electrons. The van der Waals surface area contributed by atoms with E-state index in [1.54, 1.807) is 19.2 Å². The molecule has 0 radical (unpaired) electrons. The molecule has 7 heteroatoms. The summed E-state index contributed by atoms with van der Waals surface area (Å²) in [7, 11) is 3.11. The largest absolute Gasteiger partial charge is 0.497 e. The lowest BCUT2D eigenvalue weighted by atomic mass is 10.1. The molecule has 0 saturated carbocycles. The molecular formula is C17H20N2O5. The van der Waals surface area contributed by atoms with Crippen molar-refractivity contribution in [1.29, 1.82) is 0 Å². The second-order valence-electron chi connectivity index (χ2n) is 4.97. The van der Waals surface area contributed by atoms with Gasteiger partial charge in [-0.3, -0.25) is 9.59 Å². The van der Waals surface area contributed by atoms with E-state index in [1.807, 2.05) is 24.3 Å². The number of ether oxygens (including phenoxy) is 2. The van der Waals surface area contributed by atoms with Crippen molar-refractivity contribution in [3.8, 4) is 5.75 Å². The summed E-state index contributed by atoms with van der Waals surface area (Å²) in [5.41, 5.74) is 0.841. The molecule has 0 saturated heterocycles. The van der Waals surface area contributed by atoms with Gasteiger partial charge in [-0.1, -0.05) is 12.1 Å². The maximum Gasteiger partial charge on any atom is 0.309 e. The van der Waals surface area contributed by atoms with Crippen LogP contribution in [0.4, 0.5) is 0 Å². The average Bonchev–Trinajstić information content (AvgIpc) is 3.13. The molecule has 1 aromatic heterocycles. The third-order valence-corrected chi connectivity index (χ3v) is 3.41. The highest BCUT2D eigenvalue weighted by molar-refractivity contribution is 6.35. The van der Waals surface area contributed by atoms with Crippen LogP contribution in [0, 0.1) is 0 Å². The third-order valence-electron chi connectivity index (χ3n) is 3.41. The number of benzene rings is 1. The zero-order chi connectivity index (χ0) is 17.4. The zero-order valence-corrected chi connectivity index (χ0v) is 13.6. The highest BCUT2D eigenvalue weighted by Gasteiger charge is 2.17. The topological polar surface area (TPSA) is 89.8 Å². The van der Waals surface area contributed by atoms with Crippen LogP contribution in [0.15, 0.2) is 47.1 Å². The maximum atomic E-state index is 11.8. The quantitative estimate of drug-likeness (QED) is 0.748. The monoisotopic (exact) mass is 332 g/mol. The van der Waals surface area contributed by atoms with Gasteiger partial charge in [0.1, 0.15) is 11.5 Å². The van der Waals surface area contributed by atoms with Gasteiger partial charge in [-0.2, -0.15) is 0 Å². The summed E-state index contributed by atoms with van der Waals surface area (Å²) >= 11 is 0. The van der Waals surface area contributed by atoms with Gasteiger partial charge >= 0.3 is 11.8 Å². The molecule has 2 rings (SSSR count). The van der Waals surface area contributed by atoms with Crippen molar-refractivity contribution < 1.29 is 23.5 Å². The number of carbonyl (C=O) groups excluding carboxylic acids is 2. The Labute approximate surface area is 139 Å². The van der Waals surface area contributed by atoms with Crippen molar-refractivity contribution in [2.75, 3.05) is 20.8 Å². The Hall–Kier alpha value is -2.80. The summed E-state index contributed by atoms with van der Waals surface area (Å²) < 4.78 is 15.6. The van der Waals surface area contributed by atoms with E-state index in [1.165, 1.54) is 13.4 Å². The fraction of sp³-hybridized carbons (Fsp3) is 0.294. The van der Waals surface area contributed by atoms with Crippen LogP contribution in [0.3, 0.4) is 0 Å². The fourth-order valence-corrected chi connectivity index (χ4v) is 2.11. The number of hydrogen-bond acceptors (Lipinski definition) is 5. The molecule has 1 atom stereocenters. The molecule has 0 aliphatic heterocycles. The SMILES string of the molecule is COc1cccc([C@@H](CNC(=O)C(=O)NCc2ccco2)OC)c1.